The number of pyridine rings is 1. The van der Waals surface area contributed by atoms with Crippen LogP contribution in [0.1, 0.15) is 56.8 Å². The van der Waals surface area contributed by atoms with E-state index in [9.17, 15) is 9.18 Å². The lowest BCUT2D eigenvalue weighted by Gasteiger charge is -2.39. The maximum atomic E-state index is 13.5. The molecule has 0 aliphatic carbocycles. The molecule has 2 atom stereocenters. The van der Waals surface area contributed by atoms with Crippen molar-refractivity contribution in [2.75, 3.05) is 11.9 Å². The van der Waals surface area contributed by atoms with Crippen LogP contribution in [0.4, 0.5) is 10.2 Å². The average Bonchev–Trinajstić information content (AvgIpc) is 2.45. The summed E-state index contributed by atoms with van der Waals surface area (Å²) in [5, 5.41) is 3.11. The molecular weight excluding hydrogens is 269 g/mol. The van der Waals surface area contributed by atoms with Crippen LogP contribution in [0.15, 0.2) is 12.3 Å². The van der Waals surface area contributed by atoms with Crippen LogP contribution in [0.3, 0.4) is 0 Å². The monoisotopic (exact) mass is 293 g/mol. The van der Waals surface area contributed by atoms with Crippen molar-refractivity contribution in [3.05, 3.63) is 23.6 Å². The van der Waals surface area contributed by atoms with E-state index in [4.69, 9.17) is 0 Å². The number of halogens is 1. The topological polar surface area (TPSA) is 45.2 Å². The molecule has 1 aromatic rings. The summed E-state index contributed by atoms with van der Waals surface area (Å²) in [6.07, 6.45) is 5.20. The number of carbonyl (C=O) groups is 1. The molecule has 1 amide bonds. The second-order valence-corrected chi connectivity index (χ2v) is 5.82. The van der Waals surface area contributed by atoms with Gasteiger partial charge < -0.3 is 10.2 Å². The van der Waals surface area contributed by atoms with E-state index in [-0.39, 0.29) is 18.0 Å². The van der Waals surface area contributed by atoms with Crippen LogP contribution in [-0.4, -0.2) is 34.4 Å². The van der Waals surface area contributed by atoms with Crippen LogP contribution in [-0.2, 0) is 0 Å². The molecule has 1 aliphatic rings. The van der Waals surface area contributed by atoms with Gasteiger partial charge >= 0.3 is 0 Å². The normalized spacial score (nSPS) is 22.2. The second kappa shape index (κ2) is 6.87. The third-order valence-corrected chi connectivity index (χ3v) is 4.06. The van der Waals surface area contributed by atoms with Gasteiger partial charge in [-0.25, -0.2) is 9.37 Å². The van der Waals surface area contributed by atoms with E-state index < -0.39 is 5.82 Å². The Morgan fingerprint density at radius 1 is 1.43 bits per heavy atom. The van der Waals surface area contributed by atoms with Crippen molar-refractivity contribution in [2.45, 2.75) is 58.5 Å². The Morgan fingerprint density at radius 3 is 2.71 bits per heavy atom. The van der Waals surface area contributed by atoms with E-state index in [0.717, 1.165) is 31.9 Å². The quantitative estimate of drug-likeness (QED) is 0.925. The number of anilines is 1. The standard InChI is InChI=1S/C16H24FN3O/c1-4-8-18-15-14(9-13(17)10-19-15)16(21)20-11(2)6-5-7-12(20)3/h9-12H,4-8H2,1-3H3,(H,18,19). The lowest BCUT2D eigenvalue weighted by atomic mass is 9.96. The van der Waals surface area contributed by atoms with Gasteiger partial charge in [0.1, 0.15) is 11.6 Å². The summed E-state index contributed by atoms with van der Waals surface area (Å²) < 4.78 is 13.5. The molecule has 2 unspecified atom stereocenters. The molecule has 116 valence electrons. The highest BCUT2D eigenvalue weighted by molar-refractivity contribution is 5.99. The highest BCUT2D eigenvalue weighted by atomic mass is 19.1. The molecule has 0 bridgehead atoms. The highest BCUT2D eigenvalue weighted by Crippen LogP contribution is 2.26. The van der Waals surface area contributed by atoms with Crippen LogP contribution in [0.2, 0.25) is 0 Å². The number of hydrogen-bond acceptors (Lipinski definition) is 3. The number of amides is 1. The Hall–Kier alpha value is -1.65. The number of aromatic nitrogens is 1. The summed E-state index contributed by atoms with van der Waals surface area (Å²) in [6, 6.07) is 1.66. The fourth-order valence-electron chi connectivity index (χ4n) is 2.95. The predicted octanol–water partition coefficient (Wildman–Crippen LogP) is 3.45. The second-order valence-electron chi connectivity index (χ2n) is 5.82. The first-order valence-corrected chi connectivity index (χ1v) is 7.76. The average molecular weight is 293 g/mol. The van der Waals surface area contributed by atoms with Crippen molar-refractivity contribution >= 4 is 11.7 Å². The first kappa shape index (κ1) is 15.7. The van der Waals surface area contributed by atoms with E-state index in [2.05, 4.69) is 24.1 Å². The van der Waals surface area contributed by atoms with Crippen LogP contribution >= 0.6 is 0 Å². The first-order chi connectivity index (χ1) is 10.0. The molecule has 0 saturated carbocycles. The van der Waals surface area contributed by atoms with Gasteiger partial charge in [-0.15, -0.1) is 0 Å². The number of nitrogens with zero attached hydrogens (tertiary/aromatic N) is 2. The molecule has 1 aromatic heterocycles. The molecule has 5 heteroatoms. The largest absolute Gasteiger partial charge is 0.369 e. The van der Waals surface area contributed by atoms with Crippen molar-refractivity contribution in [2.24, 2.45) is 0 Å². The van der Waals surface area contributed by atoms with Gasteiger partial charge in [0.25, 0.3) is 5.91 Å². The number of nitrogens with one attached hydrogen (secondary N) is 1. The molecule has 1 fully saturated rings. The van der Waals surface area contributed by atoms with Gasteiger partial charge in [0.15, 0.2) is 0 Å². The molecule has 2 heterocycles. The zero-order chi connectivity index (χ0) is 15.4. The maximum Gasteiger partial charge on any atom is 0.258 e. The smallest absolute Gasteiger partial charge is 0.258 e. The van der Waals surface area contributed by atoms with Crippen LogP contribution < -0.4 is 5.32 Å². The number of likely N-dealkylation sites (tertiary alicyclic amines) is 1. The molecule has 0 spiro atoms. The number of piperidine rings is 1. The third-order valence-electron chi connectivity index (χ3n) is 4.06. The molecule has 1 saturated heterocycles. The first-order valence-electron chi connectivity index (χ1n) is 7.76. The lowest BCUT2D eigenvalue weighted by Crippen LogP contribution is -2.47. The van der Waals surface area contributed by atoms with Gasteiger partial charge in [-0.05, 0) is 45.6 Å². The van der Waals surface area contributed by atoms with E-state index in [0.29, 0.717) is 17.9 Å². The summed E-state index contributed by atoms with van der Waals surface area (Å²) in [4.78, 5) is 18.8. The van der Waals surface area contributed by atoms with Gasteiger partial charge in [0.2, 0.25) is 0 Å². The molecule has 2 rings (SSSR count). The summed E-state index contributed by atoms with van der Waals surface area (Å²) in [7, 11) is 0. The zero-order valence-corrected chi connectivity index (χ0v) is 13.0. The minimum absolute atomic E-state index is 0.125. The highest BCUT2D eigenvalue weighted by Gasteiger charge is 2.31. The Balaban J connectivity index is 2.30. The summed E-state index contributed by atoms with van der Waals surface area (Å²) in [5.41, 5.74) is 0.337. The van der Waals surface area contributed by atoms with E-state index >= 15 is 0 Å². The van der Waals surface area contributed by atoms with Crippen molar-refractivity contribution in [1.82, 2.24) is 9.88 Å². The van der Waals surface area contributed by atoms with Crippen LogP contribution in [0.5, 0.6) is 0 Å². The minimum atomic E-state index is -0.474. The molecule has 21 heavy (non-hydrogen) atoms. The number of rotatable bonds is 4. The van der Waals surface area contributed by atoms with Crippen LogP contribution in [0, 0.1) is 5.82 Å². The fraction of sp³-hybridized carbons (Fsp3) is 0.625. The molecule has 4 nitrogen and oxygen atoms in total. The third kappa shape index (κ3) is 3.52. The summed E-state index contributed by atoms with van der Waals surface area (Å²) in [5.74, 6) is -0.119. The van der Waals surface area contributed by atoms with Crippen molar-refractivity contribution < 1.29 is 9.18 Å². The van der Waals surface area contributed by atoms with Gasteiger partial charge in [-0.3, -0.25) is 4.79 Å². The Kier molecular flexibility index (Phi) is 5.15. The lowest BCUT2D eigenvalue weighted by molar-refractivity contribution is 0.0511. The predicted molar refractivity (Wildman–Crippen MR) is 81.9 cm³/mol. The SMILES string of the molecule is CCCNc1ncc(F)cc1C(=O)N1C(C)CCCC1C. The number of carbonyl (C=O) groups excluding carboxylic acids is 1. The van der Waals surface area contributed by atoms with Gasteiger partial charge in [-0.1, -0.05) is 6.92 Å². The summed E-state index contributed by atoms with van der Waals surface area (Å²) >= 11 is 0. The Morgan fingerprint density at radius 2 is 2.10 bits per heavy atom. The van der Waals surface area contributed by atoms with Crippen molar-refractivity contribution in [1.29, 1.82) is 0 Å². The molecule has 0 radical (unpaired) electrons. The Labute approximate surface area is 125 Å². The molecule has 0 aromatic carbocycles. The Bertz CT molecular complexity index is 496. The van der Waals surface area contributed by atoms with E-state index in [1.807, 2.05) is 11.8 Å². The van der Waals surface area contributed by atoms with Gasteiger partial charge in [0, 0.05) is 18.6 Å². The van der Waals surface area contributed by atoms with E-state index in [1.165, 1.54) is 6.07 Å². The molecule has 1 aliphatic heterocycles. The zero-order valence-electron chi connectivity index (χ0n) is 13.0. The fourth-order valence-corrected chi connectivity index (χ4v) is 2.95. The summed E-state index contributed by atoms with van der Waals surface area (Å²) in [6.45, 7) is 6.86. The minimum Gasteiger partial charge on any atom is -0.369 e. The maximum absolute atomic E-state index is 13.5. The van der Waals surface area contributed by atoms with Gasteiger partial charge in [0.05, 0.1) is 11.8 Å². The van der Waals surface area contributed by atoms with E-state index in [1.54, 1.807) is 0 Å². The molecular formula is C16H24FN3O. The van der Waals surface area contributed by atoms with Crippen molar-refractivity contribution in [3.63, 3.8) is 0 Å². The molecule has 1 N–H and O–H groups in total. The van der Waals surface area contributed by atoms with Crippen molar-refractivity contribution in [3.8, 4) is 0 Å². The van der Waals surface area contributed by atoms with Gasteiger partial charge in [-0.2, -0.15) is 0 Å². The van der Waals surface area contributed by atoms with Crippen LogP contribution in [0.25, 0.3) is 0 Å². The number of hydrogen-bond donors (Lipinski definition) is 1.